The van der Waals surface area contributed by atoms with Crippen LogP contribution in [0.1, 0.15) is 16.8 Å². The van der Waals surface area contributed by atoms with Crippen LogP contribution >= 0.6 is 0 Å². The maximum absolute atomic E-state index is 13.0. The van der Waals surface area contributed by atoms with Crippen LogP contribution in [0.3, 0.4) is 0 Å². The summed E-state index contributed by atoms with van der Waals surface area (Å²) in [7, 11) is 1.65. The van der Waals surface area contributed by atoms with Gasteiger partial charge in [0.25, 0.3) is 0 Å². The van der Waals surface area contributed by atoms with Crippen LogP contribution in [0.4, 0.5) is 16.2 Å². The van der Waals surface area contributed by atoms with E-state index < -0.39 is 0 Å². The first-order chi connectivity index (χ1) is 12.6. The van der Waals surface area contributed by atoms with Gasteiger partial charge in [0, 0.05) is 24.8 Å². The monoisotopic (exact) mass is 352 g/mol. The van der Waals surface area contributed by atoms with Crippen LogP contribution in [0.2, 0.25) is 0 Å². The average Bonchev–Trinajstić information content (AvgIpc) is 2.66. The predicted molar refractivity (Wildman–Crippen MR) is 101 cm³/mol. The highest BCUT2D eigenvalue weighted by Gasteiger charge is 2.03. The molecule has 3 rings (SSSR count). The molecule has 134 valence electrons. The zero-order chi connectivity index (χ0) is 18.4. The standard InChI is InChI=1S/C20H21FN4O/c1-14-11-19(22-12-16-5-9-18(26-2)10-6-16)25-20(24-14)23-13-15-3-7-17(21)8-4-15/h3-11H,12-13H2,1-2H3,(H2,22,23,24,25). The first-order valence-corrected chi connectivity index (χ1v) is 8.33. The number of aryl methyl sites for hydroxylation is 1. The van der Waals surface area contributed by atoms with Crippen molar-refractivity contribution in [2.45, 2.75) is 20.0 Å². The SMILES string of the molecule is COc1ccc(CNc2cc(C)nc(NCc3ccc(F)cc3)n2)cc1. The van der Waals surface area contributed by atoms with Gasteiger partial charge in [0.2, 0.25) is 5.95 Å². The van der Waals surface area contributed by atoms with Crippen molar-refractivity contribution in [2.75, 3.05) is 17.7 Å². The summed E-state index contributed by atoms with van der Waals surface area (Å²) < 4.78 is 18.1. The third-order valence-electron chi connectivity index (χ3n) is 3.85. The molecule has 3 aromatic rings. The second-order valence-corrected chi connectivity index (χ2v) is 5.90. The number of anilines is 2. The lowest BCUT2D eigenvalue weighted by Crippen LogP contribution is -2.08. The Hall–Kier alpha value is -3.15. The number of methoxy groups -OCH3 is 1. The number of aromatic nitrogens is 2. The quantitative estimate of drug-likeness (QED) is 0.669. The number of ether oxygens (including phenoxy) is 1. The van der Waals surface area contributed by atoms with Crippen molar-refractivity contribution in [3.8, 4) is 5.75 Å². The molecule has 1 heterocycles. The fourth-order valence-electron chi connectivity index (χ4n) is 2.46. The van der Waals surface area contributed by atoms with Gasteiger partial charge in [0.1, 0.15) is 17.4 Å². The van der Waals surface area contributed by atoms with Crippen LogP contribution in [0.25, 0.3) is 0 Å². The third-order valence-corrected chi connectivity index (χ3v) is 3.85. The van der Waals surface area contributed by atoms with Gasteiger partial charge in [-0.25, -0.2) is 9.37 Å². The smallest absolute Gasteiger partial charge is 0.225 e. The fraction of sp³-hybridized carbons (Fsp3) is 0.200. The summed E-state index contributed by atoms with van der Waals surface area (Å²) in [6.07, 6.45) is 0. The van der Waals surface area contributed by atoms with Gasteiger partial charge in [-0.05, 0) is 42.3 Å². The van der Waals surface area contributed by atoms with Crippen molar-refractivity contribution in [1.82, 2.24) is 9.97 Å². The zero-order valence-electron chi connectivity index (χ0n) is 14.8. The van der Waals surface area contributed by atoms with Gasteiger partial charge in [-0.1, -0.05) is 24.3 Å². The van der Waals surface area contributed by atoms with E-state index in [4.69, 9.17) is 4.74 Å². The van der Waals surface area contributed by atoms with Gasteiger partial charge < -0.3 is 15.4 Å². The van der Waals surface area contributed by atoms with E-state index in [0.717, 1.165) is 28.4 Å². The zero-order valence-corrected chi connectivity index (χ0v) is 14.8. The van der Waals surface area contributed by atoms with Gasteiger partial charge >= 0.3 is 0 Å². The van der Waals surface area contributed by atoms with Crippen molar-refractivity contribution in [3.05, 3.63) is 77.2 Å². The van der Waals surface area contributed by atoms with Crippen molar-refractivity contribution in [2.24, 2.45) is 0 Å². The number of hydrogen-bond donors (Lipinski definition) is 2. The Bertz CT molecular complexity index is 851. The molecule has 5 nitrogen and oxygen atoms in total. The molecule has 1 aromatic heterocycles. The fourth-order valence-corrected chi connectivity index (χ4v) is 2.46. The second-order valence-electron chi connectivity index (χ2n) is 5.90. The second kappa shape index (κ2) is 8.29. The minimum absolute atomic E-state index is 0.245. The number of rotatable bonds is 7. The molecule has 0 amide bonds. The summed E-state index contributed by atoms with van der Waals surface area (Å²) in [5.41, 5.74) is 2.95. The molecule has 0 radical (unpaired) electrons. The molecule has 0 unspecified atom stereocenters. The first kappa shape index (κ1) is 17.7. The van der Waals surface area contributed by atoms with Crippen LogP contribution in [-0.2, 0) is 13.1 Å². The summed E-state index contributed by atoms with van der Waals surface area (Å²) >= 11 is 0. The Morgan fingerprint density at radius 2 is 1.50 bits per heavy atom. The molecule has 2 N–H and O–H groups in total. The molecule has 0 spiro atoms. The van der Waals surface area contributed by atoms with E-state index in [9.17, 15) is 4.39 Å². The number of nitrogens with one attached hydrogen (secondary N) is 2. The molecule has 0 aliphatic carbocycles. The summed E-state index contributed by atoms with van der Waals surface area (Å²) in [4.78, 5) is 8.87. The Balaban J connectivity index is 1.61. The highest BCUT2D eigenvalue weighted by molar-refractivity contribution is 5.43. The third kappa shape index (κ3) is 4.92. The lowest BCUT2D eigenvalue weighted by atomic mass is 10.2. The molecule has 2 aromatic carbocycles. The largest absolute Gasteiger partial charge is 0.497 e. The minimum Gasteiger partial charge on any atom is -0.497 e. The lowest BCUT2D eigenvalue weighted by molar-refractivity contribution is 0.414. The lowest BCUT2D eigenvalue weighted by Gasteiger charge is -2.10. The number of halogens is 1. The normalized spacial score (nSPS) is 10.4. The van der Waals surface area contributed by atoms with Gasteiger partial charge in [-0.15, -0.1) is 0 Å². The Morgan fingerprint density at radius 3 is 2.15 bits per heavy atom. The van der Waals surface area contributed by atoms with Gasteiger partial charge in [0.15, 0.2) is 0 Å². The highest BCUT2D eigenvalue weighted by Crippen LogP contribution is 2.15. The van der Waals surface area contributed by atoms with Crippen molar-refractivity contribution < 1.29 is 9.13 Å². The molecular formula is C20H21FN4O. The van der Waals surface area contributed by atoms with E-state index in [1.54, 1.807) is 19.2 Å². The van der Waals surface area contributed by atoms with Crippen molar-refractivity contribution in [3.63, 3.8) is 0 Å². The van der Waals surface area contributed by atoms with Gasteiger partial charge in [-0.3, -0.25) is 0 Å². The van der Waals surface area contributed by atoms with Crippen LogP contribution in [0.15, 0.2) is 54.6 Å². The average molecular weight is 352 g/mol. The predicted octanol–water partition coefficient (Wildman–Crippen LogP) is 4.16. The Labute approximate surface area is 152 Å². The first-order valence-electron chi connectivity index (χ1n) is 8.33. The summed E-state index contributed by atoms with van der Waals surface area (Å²) in [5, 5.41) is 6.48. The van der Waals surface area contributed by atoms with Crippen molar-refractivity contribution >= 4 is 11.8 Å². The highest BCUT2D eigenvalue weighted by atomic mass is 19.1. The molecule has 0 aliphatic rings. The summed E-state index contributed by atoms with van der Waals surface area (Å²) in [6, 6.07) is 16.1. The molecular weight excluding hydrogens is 331 g/mol. The molecule has 0 bridgehead atoms. The Morgan fingerprint density at radius 1 is 0.885 bits per heavy atom. The van der Waals surface area contributed by atoms with Crippen molar-refractivity contribution in [1.29, 1.82) is 0 Å². The van der Waals surface area contributed by atoms with E-state index >= 15 is 0 Å². The summed E-state index contributed by atoms with van der Waals surface area (Å²) in [5.74, 6) is 1.87. The van der Waals surface area contributed by atoms with Gasteiger partial charge in [0.05, 0.1) is 7.11 Å². The topological polar surface area (TPSA) is 59.1 Å². The molecule has 0 aliphatic heterocycles. The van der Waals surface area contributed by atoms with E-state index in [2.05, 4.69) is 20.6 Å². The number of benzene rings is 2. The number of nitrogens with zero attached hydrogens (tertiary/aromatic N) is 2. The van der Waals surface area contributed by atoms with E-state index in [0.29, 0.717) is 19.0 Å². The Kier molecular flexibility index (Phi) is 5.63. The van der Waals surface area contributed by atoms with Crippen LogP contribution in [0, 0.1) is 12.7 Å². The minimum atomic E-state index is -0.245. The van der Waals surface area contributed by atoms with Crippen LogP contribution in [-0.4, -0.2) is 17.1 Å². The van der Waals surface area contributed by atoms with Gasteiger partial charge in [-0.2, -0.15) is 4.98 Å². The molecule has 0 fully saturated rings. The molecule has 6 heteroatoms. The van der Waals surface area contributed by atoms with E-state index in [1.807, 2.05) is 37.3 Å². The van der Waals surface area contributed by atoms with E-state index in [-0.39, 0.29) is 5.82 Å². The molecule has 26 heavy (non-hydrogen) atoms. The molecule has 0 saturated carbocycles. The van der Waals surface area contributed by atoms with E-state index in [1.165, 1.54) is 12.1 Å². The molecule has 0 atom stereocenters. The molecule has 0 saturated heterocycles. The number of hydrogen-bond acceptors (Lipinski definition) is 5. The maximum atomic E-state index is 13.0. The van der Waals surface area contributed by atoms with Crippen LogP contribution in [0.5, 0.6) is 5.75 Å². The summed E-state index contributed by atoms with van der Waals surface area (Å²) in [6.45, 7) is 3.10. The van der Waals surface area contributed by atoms with Crippen LogP contribution < -0.4 is 15.4 Å². The maximum Gasteiger partial charge on any atom is 0.225 e.